The van der Waals surface area contributed by atoms with Crippen molar-refractivity contribution in [2.75, 3.05) is 19.6 Å². The third-order valence-electron chi connectivity index (χ3n) is 3.63. The smallest absolute Gasteiger partial charge is 0.239 e. The third-order valence-corrected chi connectivity index (χ3v) is 3.63. The second-order valence-corrected chi connectivity index (χ2v) is 5.86. The predicted molar refractivity (Wildman–Crippen MR) is 76.6 cm³/mol. The van der Waals surface area contributed by atoms with Crippen LogP contribution in [-0.4, -0.2) is 36.5 Å². The van der Waals surface area contributed by atoms with Crippen LogP contribution in [0.3, 0.4) is 0 Å². The van der Waals surface area contributed by atoms with E-state index in [1.807, 2.05) is 0 Å². The maximum atomic E-state index is 12.2. The van der Waals surface area contributed by atoms with E-state index in [2.05, 4.69) is 31.0 Å². The summed E-state index contributed by atoms with van der Waals surface area (Å²) in [5, 5.41) is 3.37. The maximum absolute atomic E-state index is 12.2. The zero-order valence-corrected chi connectivity index (χ0v) is 12.4. The lowest BCUT2D eigenvalue weighted by Crippen LogP contribution is -2.51. The summed E-state index contributed by atoms with van der Waals surface area (Å²) in [5.74, 6) is 1.11. The first-order chi connectivity index (χ1) is 8.65. The van der Waals surface area contributed by atoms with Crippen LogP contribution >= 0.6 is 0 Å². The number of carbonyl (C=O) groups excluding carboxylic acids is 1. The van der Waals surface area contributed by atoms with E-state index in [1.165, 1.54) is 12.8 Å². The SMILES string of the molecule is CCCNC1CCCN(CCCCC(C)C)C1=O. The molecule has 18 heavy (non-hydrogen) atoms. The molecule has 0 aromatic rings. The Hall–Kier alpha value is -0.570. The fourth-order valence-corrected chi connectivity index (χ4v) is 2.53. The summed E-state index contributed by atoms with van der Waals surface area (Å²) < 4.78 is 0. The van der Waals surface area contributed by atoms with Crippen molar-refractivity contribution in [3.63, 3.8) is 0 Å². The van der Waals surface area contributed by atoms with E-state index in [1.54, 1.807) is 0 Å². The predicted octanol–water partition coefficient (Wildman–Crippen LogP) is 2.80. The largest absolute Gasteiger partial charge is 0.341 e. The van der Waals surface area contributed by atoms with Crippen molar-refractivity contribution >= 4 is 5.91 Å². The lowest BCUT2D eigenvalue weighted by atomic mass is 10.0. The Bertz CT molecular complexity index is 241. The Labute approximate surface area is 112 Å². The number of nitrogens with one attached hydrogen (secondary N) is 1. The van der Waals surface area contributed by atoms with Gasteiger partial charge in [-0.05, 0) is 38.1 Å². The second-order valence-electron chi connectivity index (χ2n) is 5.86. The number of nitrogens with zero attached hydrogens (tertiary/aromatic N) is 1. The Balaban J connectivity index is 2.25. The number of hydrogen-bond donors (Lipinski definition) is 1. The number of hydrogen-bond acceptors (Lipinski definition) is 2. The molecule has 1 aliphatic rings. The van der Waals surface area contributed by atoms with Crippen molar-refractivity contribution in [2.45, 2.75) is 65.3 Å². The van der Waals surface area contributed by atoms with Crippen molar-refractivity contribution in [3.05, 3.63) is 0 Å². The first kappa shape index (κ1) is 15.5. The summed E-state index contributed by atoms with van der Waals surface area (Å²) in [4.78, 5) is 14.3. The van der Waals surface area contributed by atoms with Gasteiger partial charge in [-0.2, -0.15) is 0 Å². The quantitative estimate of drug-likeness (QED) is 0.676. The summed E-state index contributed by atoms with van der Waals surface area (Å²) in [5.41, 5.74) is 0. The van der Waals surface area contributed by atoms with Crippen LogP contribution in [-0.2, 0) is 4.79 Å². The normalized spacial score (nSPS) is 20.8. The fraction of sp³-hybridized carbons (Fsp3) is 0.933. The molecule has 1 fully saturated rings. The third kappa shape index (κ3) is 5.38. The molecular weight excluding hydrogens is 224 g/mol. The summed E-state index contributed by atoms with van der Waals surface area (Å²) in [6.07, 6.45) is 6.94. The molecular formula is C15H30N2O. The molecule has 3 heteroatoms. The molecule has 0 aromatic carbocycles. The van der Waals surface area contributed by atoms with Gasteiger partial charge < -0.3 is 10.2 Å². The molecule has 1 unspecified atom stereocenters. The van der Waals surface area contributed by atoms with Crippen molar-refractivity contribution in [2.24, 2.45) is 5.92 Å². The molecule has 1 rings (SSSR count). The van der Waals surface area contributed by atoms with Gasteiger partial charge in [-0.3, -0.25) is 4.79 Å². The van der Waals surface area contributed by atoms with Gasteiger partial charge in [0.05, 0.1) is 6.04 Å². The minimum Gasteiger partial charge on any atom is -0.341 e. The van der Waals surface area contributed by atoms with Gasteiger partial charge in [-0.1, -0.05) is 33.6 Å². The van der Waals surface area contributed by atoms with E-state index < -0.39 is 0 Å². The van der Waals surface area contributed by atoms with Crippen LogP contribution in [0.2, 0.25) is 0 Å². The molecule has 106 valence electrons. The maximum Gasteiger partial charge on any atom is 0.239 e. The molecule has 0 saturated carbocycles. The van der Waals surface area contributed by atoms with E-state index in [4.69, 9.17) is 0 Å². The molecule has 0 radical (unpaired) electrons. The molecule has 0 aliphatic carbocycles. The van der Waals surface area contributed by atoms with Gasteiger partial charge in [0.15, 0.2) is 0 Å². The molecule has 0 bridgehead atoms. The van der Waals surface area contributed by atoms with E-state index >= 15 is 0 Å². The molecule has 1 atom stereocenters. The first-order valence-electron chi connectivity index (χ1n) is 7.67. The highest BCUT2D eigenvalue weighted by molar-refractivity contribution is 5.82. The van der Waals surface area contributed by atoms with Crippen molar-refractivity contribution in [3.8, 4) is 0 Å². The van der Waals surface area contributed by atoms with Crippen LogP contribution in [0.25, 0.3) is 0 Å². The van der Waals surface area contributed by atoms with Gasteiger partial charge in [0, 0.05) is 13.1 Å². The van der Waals surface area contributed by atoms with Crippen LogP contribution in [0.4, 0.5) is 0 Å². The summed E-state index contributed by atoms with van der Waals surface area (Å²) in [7, 11) is 0. The lowest BCUT2D eigenvalue weighted by Gasteiger charge is -2.32. The topological polar surface area (TPSA) is 32.3 Å². The van der Waals surface area contributed by atoms with Crippen molar-refractivity contribution in [1.29, 1.82) is 0 Å². The minimum absolute atomic E-state index is 0.0869. The van der Waals surface area contributed by atoms with Gasteiger partial charge in [-0.15, -0.1) is 0 Å². The van der Waals surface area contributed by atoms with E-state index in [0.717, 1.165) is 51.2 Å². The molecule has 3 nitrogen and oxygen atoms in total. The molecule has 1 aliphatic heterocycles. The standard InChI is InChI=1S/C15H30N2O/c1-4-10-16-14-9-7-12-17(15(14)18)11-6-5-8-13(2)3/h13-14,16H,4-12H2,1-3H3. The molecule has 1 amide bonds. The van der Waals surface area contributed by atoms with E-state index in [-0.39, 0.29) is 6.04 Å². The van der Waals surface area contributed by atoms with Crippen LogP contribution in [0, 0.1) is 5.92 Å². The van der Waals surface area contributed by atoms with Gasteiger partial charge in [0.25, 0.3) is 0 Å². The number of rotatable bonds is 8. The summed E-state index contributed by atoms with van der Waals surface area (Å²) in [6.45, 7) is 9.54. The summed E-state index contributed by atoms with van der Waals surface area (Å²) in [6, 6.07) is 0.0869. The summed E-state index contributed by atoms with van der Waals surface area (Å²) >= 11 is 0. The van der Waals surface area contributed by atoms with Crippen LogP contribution in [0.5, 0.6) is 0 Å². The van der Waals surface area contributed by atoms with Crippen LogP contribution < -0.4 is 5.32 Å². The Morgan fingerprint density at radius 3 is 2.83 bits per heavy atom. The average Bonchev–Trinajstić information content (AvgIpc) is 2.34. The fourth-order valence-electron chi connectivity index (χ4n) is 2.53. The second kappa shape index (κ2) is 8.52. The van der Waals surface area contributed by atoms with Crippen molar-refractivity contribution in [1.82, 2.24) is 10.2 Å². The average molecular weight is 254 g/mol. The highest BCUT2D eigenvalue weighted by atomic mass is 16.2. The highest BCUT2D eigenvalue weighted by Gasteiger charge is 2.27. The number of amides is 1. The monoisotopic (exact) mass is 254 g/mol. The molecule has 1 N–H and O–H groups in total. The van der Waals surface area contributed by atoms with Crippen LogP contribution in [0.1, 0.15) is 59.3 Å². The molecule has 0 aromatic heterocycles. The van der Waals surface area contributed by atoms with Crippen LogP contribution in [0.15, 0.2) is 0 Å². The van der Waals surface area contributed by atoms with Gasteiger partial charge >= 0.3 is 0 Å². The van der Waals surface area contributed by atoms with E-state index in [9.17, 15) is 4.79 Å². The van der Waals surface area contributed by atoms with Gasteiger partial charge in [0.2, 0.25) is 5.91 Å². The molecule has 1 heterocycles. The number of unbranched alkanes of at least 4 members (excludes halogenated alkanes) is 1. The zero-order chi connectivity index (χ0) is 13.4. The molecule has 0 spiro atoms. The van der Waals surface area contributed by atoms with Gasteiger partial charge in [-0.25, -0.2) is 0 Å². The van der Waals surface area contributed by atoms with E-state index in [0.29, 0.717) is 5.91 Å². The number of likely N-dealkylation sites (tertiary alicyclic amines) is 1. The zero-order valence-electron chi connectivity index (χ0n) is 12.4. The molecule has 1 saturated heterocycles. The Morgan fingerprint density at radius 2 is 2.17 bits per heavy atom. The lowest BCUT2D eigenvalue weighted by molar-refractivity contribution is -0.136. The van der Waals surface area contributed by atoms with Gasteiger partial charge in [0.1, 0.15) is 0 Å². The Morgan fingerprint density at radius 1 is 1.39 bits per heavy atom. The number of carbonyl (C=O) groups is 1. The van der Waals surface area contributed by atoms with Crippen molar-refractivity contribution < 1.29 is 4.79 Å². The minimum atomic E-state index is 0.0869. The Kier molecular flexibility index (Phi) is 7.33. The first-order valence-corrected chi connectivity index (χ1v) is 7.67. The number of piperidine rings is 1. The highest BCUT2D eigenvalue weighted by Crippen LogP contribution is 2.14.